The second kappa shape index (κ2) is 14.6. The Balaban J connectivity index is 1.11. The van der Waals surface area contributed by atoms with E-state index in [-0.39, 0.29) is 43.1 Å². The minimum Gasteiger partial charge on any atom is -0.392 e. The number of fused-ring (bicyclic) bond motifs is 1. The summed E-state index contributed by atoms with van der Waals surface area (Å²) in [6.07, 6.45) is 6.17. The monoisotopic (exact) mass is 656 g/mol. The molecule has 1 saturated heterocycles. The van der Waals surface area contributed by atoms with Crippen molar-refractivity contribution >= 4 is 11.8 Å². The van der Waals surface area contributed by atoms with E-state index in [1.807, 2.05) is 42.5 Å². The van der Waals surface area contributed by atoms with E-state index < -0.39 is 6.29 Å². The van der Waals surface area contributed by atoms with Crippen molar-refractivity contribution in [2.24, 2.45) is 5.92 Å². The van der Waals surface area contributed by atoms with Crippen LogP contribution in [0.1, 0.15) is 88.0 Å². The Labute approximate surface area is 288 Å². The van der Waals surface area contributed by atoms with Crippen LogP contribution >= 0.6 is 0 Å². The van der Waals surface area contributed by atoms with Crippen LogP contribution in [0, 0.1) is 5.92 Å². The molecule has 0 radical (unpaired) electrons. The third kappa shape index (κ3) is 6.90. The van der Waals surface area contributed by atoms with Crippen LogP contribution in [0.5, 0.6) is 0 Å². The number of ether oxygens (including phenoxy) is 2. The third-order valence-electron chi connectivity index (χ3n) is 10.4. The number of aliphatic hydroxyl groups is 1. The van der Waals surface area contributed by atoms with Gasteiger partial charge in [0.2, 0.25) is 0 Å². The van der Waals surface area contributed by atoms with Crippen molar-refractivity contribution < 1.29 is 24.2 Å². The summed E-state index contributed by atoms with van der Waals surface area (Å²) in [6.45, 7) is 8.12. The molecule has 1 aliphatic carbocycles. The van der Waals surface area contributed by atoms with Crippen molar-refractivity contribution in [3.8, 4) is 11.1 Å². The Morgan fingerprint density at radius 3 is 2.14 bits per heavy atom. The molecule has 49 heavy (non-hydrogen) atoms. The number of carbonyl (C=O) groups is 2. The van der Waals surface area contributed by atoms with Gasteiger partial charge in [-0.2, -0.15) is 0 Å². The van der Waals surface area contributed by atoms with Crippen LogP contribution in [0.2, 0.25) is 0 Å². The van der Waals surface area contributed by atoms with Gasteiger partial charge in [-0.05, 0) is 58.9 Å². The Kier molecular flexibility index (Phi) is 9.87. The predicted octanol–water partition coefficient (Wildman–Crippen LogP) is 7.86. The highest BCUT2D eigenvalue weighted by molar-refractivity contribution is 6.21. The molecule has 2 aliphatic heterocycles. The van der Waals surface area contributed by atoms with E-state index in [4.69, 9.17) is 9.47 Å². The molecule has 1 saturated carbocycles. The SMILES string of the molecule is C=CCN(C[C@H]1O[C@@H](c2ccc(-c3cccc(CN4C(=O)c5ccccc5C4=O)c3)cc2)O[C@@H](c2ccc(CO)cc2)[C@H]1C)C1CCCC1. The van der Waals surface area contributed by atoms with E-state index in [9.17, 15) is 14.7 Å². The van der Waals surface area contributed by atoms with E-state index >= 15 is 0 Å². The fraction of sp³-hybridized carbons (Fsp3) is 0.333. The minimum atomic E-state index is -0.549. The van der Waals surface area contributed by atoms with Gasteiger partial charge in [0.05, 0.1) is 36.5 Å². The van der Waals surface area contributed by atoms with E-state index in [0.717, 1.165) is 46.5 Å². The predicted molar refractivity (Wildman–Crippen MR) is 190 cm³/mol. The van der Waals surface area contributed by atoms with Crippen molar-refractivity contribution in [2.75, 3.05) is 13.1 Å². The van der Waals surface area contributed by atoms with Gasteiger partial charge in [0.15, 0.2) is 6.29 Å². The summed E-state index contributed by atoms with van der Waals surface area (Å²) in [7, 11) is 0. The molecule has 0 bridgehead atoms. The van der Waals surface area contributed by atoms with E-state index in [0.29, 0.717) is 17.2 Å². The highest BCUT2D eigenvalue weighted by Gasteiger charge is 2.40. The molecule has 252 valence electrons. The van der Waals surface area contributed by atoms with Gasteiger partial charge in [-0.15, -0.1) is 6.58 Å². The standard InChI is InChI=1S/C42H44N2O5/c1-3-23-43(35-11-4-5-12-35)26-38-28(2)39(32-17-15-29(27-45)16-18-32)49-42(48-38)33-21-19-31(20-22-33)34-10-8-9-30(24-34)25-44-40(46)36-13-6-7-14-37(36)41(44)47/h3,6-10,13-22,24,28,35,38-39,42,45H,1,4-5,11-12,23,25-27H2,2H3/t28-,38+,39+,42+/m0/s1. The number of amides is 2. The summed E-state index contributed by atoms with van der Waals surface area (Å²) in [5.74, 6) is -0.406. The summed E-state index contributed by atoms with van der Waals surface area (Å²) in [5.41, 5.74) is 6.70. The molecule has 3 aliphatic rings. The summed E-state index contributed by atoms with van der Waals surface area (Å²) < 4.78 is 13.5. The molecule has 0 unspecified atom stereocenters. The lowest BCUT2D eigenvalue weighted by atomic mass is 9.89. The van der Waals surface area contributed by atoms with Crippen LogP contribution in [-0.2, 0) is 22.6 Å². The molecular weight excluding hydrogens is 612 g/mol. The molecule has 0 spiro atoms. The van der Waals surface area contributed by atoms with Gasteiger partial charge in [0.25, 0.3) is 11.8 Å². The third-order valence-corrected chi connectivity index (χ3v) is 10.4. The van der Waals surface area contributed by atoms with Crippen molar-refractivity contribution in [1.29, 1.82) is 0 Å². The largest absolute Gasteiger partial charge is 0.392 e. The van der Waals surface area contributed by atoms with Crippen LogP contribution in [0.25, 0.3) is 11.1 Å². The molecule has 2 fully saturated rings. The molecular formula is C42H44N2O5. The smallest absolute Gasteiger partial charge is 0.261 e. The van der Waals surface area contributed by atoms with E-state index in [1.54, 1.807) is 24.3 Å². The van der Waals surface area contributed by atoms with Crippen LogP contribution in [0.3, 0.4) is 0 Å². The zero-order valence-electron chi connectivity index (χ0n) is 28.0. The maximum atomic E-state index is 13.0. The van der Waals surface area contributed by atoms with Crippen LogP contribution in [0.15, 0.2) is 110 Å². The lowest BCUT2D eigenvalue weighted by Gasteiger charge is -2.43. The lowest BCUT2D eigenvalue weighted by Crippen LogP contribution is -2.47. The Morgan fingerprint density at radius 2 is 1.49 bits per heavy atom. The Bertz CT molecular complexity index is 1760. The Hall–Kier alpha value is -4.40. The normalized spacial score (nSPS) is 22.6. The summed E-state index contributed by atoms with van der Waals surface area (Å²) in [6, 6.07) is 31.8. The number of carbonyl (C=O) groups excluding carboxylic acids is 2. The van der Waals surface area contributed by atoms with Crippen LogP contribution in [-0.4, -0.2) is 52.0 Å². The highest BCUT2D eigenvalue weighted by Crippen LogP contribution is 2.42. The lowest BCUT2D eigenvalue weighted by molar-refractivity contribution is -0.276. The van der Waals surface area contributed by atoms with E-state index in [1.165, 1.54) is 30.6 Å². The van der Waals surface area contributed by atoms with Crippen molar-refractivity contribution in [1.82, 2.24) is 9.80 Å². The molecule has 2 amide bonds. The molecule has 7 nitrogen and oxygen atoms in total. The van der Waals surface area contributed by atoms with Crippen molar-refractivity contribution in [3.05, 3.63) is 143 Å². The average molecular weight is 657 g/mol. The number of nitrogens with zero attached hydrogens (tertiary/aromatic N) is 2. The number of rotatable bonds is 11. The maximum absolute atomic E-state index is 13.0. The highest BCUT2D eigenvalue weighted by atomic mass is 16.7. The fourth-order valence-corrected chi connectivity index (χ4v) is 7.61. The first-order valence-electron chi connectivity index (χ1n) is 17.4. The van der Waals surface area contributed by atoms with Crippen molar-refractivity contribution in [3.63, 3.8) is 0 Å². The zero-order valence-corrected chi connectivity index (χ0v) is 28.0. The number of hydrogen-bond acceptors (Lipinski definition) is 6. The molecule has 7 heteroatoms. The van der Waals surface area contributed by atoms with Crippen molar-refractivity contribution in [2.45, 2.75) is 70.3 Å². The molecule has 7 rings (SSSR count). The maximum Gasteiger partial charge on any atom is 0.261 e. The molecule has 4 atom stereocenters. The zero-order chi connectivity index (χ0) is 33.9. The second-order valence-electron chi connectivity index (χ2n) is 13.6. The molecule has 0 aromatic heterocycles. The van der Waals surface area contributed by atoms with Gasteiger partial charge in [-0.3, -0.25) is 19.4 Å². The fourth-order valence-electron chi connectivity index (χ4n) is 7.61. The van der Waals surface area contributed by atoms with Crippen LogP contribution < -0.4 is 0 Å². The van der Waals surface area contributed by atoms with Gasteiger partial charge < -0.3 is 14.6 Å². The first-order chi connectivity index (χ1) is 23.9. The first kappa shape index (κ1) is 33.1. The topological polar surface area (TPSA) is 79.3 Å². The minimum absolute atomic E-state index is 0.00560. The van der Waals surface area contributed by atoms with Gasteiger partial charge in [-0.25, -0.2) is 0 Å². The number of benzene rings is 4. The Morgan fingerprint density at radius 1 is 0.816 bits per heavy atom. The molecule has 4 aromatic rings. The average Bonchev–Trinajstić information content (AvgIpc) is 3.77. The summed E-state index contributed by atoms with van der Waals surface area (Å²) in [5, 5.41) is 9.62. The first-order valence-corrected chi connectivity index (χ1v) is 17.4. The molecule has 2 heterocycles. The number of imide groups is 1. The second-order valence-corrected chi connectivity index (χ2v) is 13.6. The summed E-state index contributed by atoms with van der Waals surface area (Å²) in [4.78, 5) is 29.8. The van der Waals surface area contributed by atoms with Gasteiger partial charge in [0, 0.05) is 30.6 Å². The quantitative estimate of drug-likeness (QED) is 0.131. The number of aliphatic hydroxyl groups excluding tert-OH is 1. The van der Waals surface area contributed by atoms with Gasteiger partial charge in [-0.1, -0.05) is 105 Å². The van der Waals surface area contributed by atoms with Gasteiger partial charge in [0.1, 0.15) is 0 Å². The number of hydrogen-bond donors (Lipinski definition) is 1. The van der Waals surface area contributed by atoms with Crippen LogP contribution in [0.4, 0.5) is 0 Å². The molecule has 1 N–H and O–H groups in total. The van der Waals surface area contributed by atoms with Gasteiger partial charge >= 0.3 is 0 Å². The van der Waals surface area contributed by atoms with E-state index in [2.05, 4.69) is 54.8 Å². The summed E-state index contributed by atoms with van der Waals surface area (Å²) >= 11 is 0. The molecule has 4 aromatic carbocycles.